The summed E-state index contributed by atoms with van der Waals surface area (Å²) in [6.07, 6.45) is 0. The number of hydrogen-bond donors (Lipinski definition) is 1. The van der Waals surface area contributed by atoms with E-state index >= 15 is 0 Å². The van der Waals surface area contributed by atoms with Crippen molar-refractivity contribution >= 4 is 5.91 Å². The molecule has 0 aromatic heterocycles. The molecule has 1 amide bonds. The van der Waals surface area contributed by atoms with Gasteiger partial charge >= 0.3 is 0 Å². The van der Waals surface area contributed by atoms with Crippen molar-refractivity contribution < 1.29 is 18.0 Å². The molecule has 0 atom stereocenters. The minimum atomic E-state index is -1.03. The zero-order chi connectivity index (χ0) is 13.3. The van der Waals surface area contributed by atoms with E-state index in [4.69, 9.17) is 5.73 Å². The number of rotatable bonds is 2. The number of nitrogens with two attached hydrogens (primary N) is 1. The van der Waals surface area contributed by atoms with Crippen LogP contribution in [-0.4, -0.2) is 5.91 Å². The van der Waals surface area contributed by atoms with Crippen LogP contribution in [0.3, 0.4) is 0 Å². The lowest BCUT2D eigenvalue weighted by Gasteiger charge is -2.08. The Hall–Kier alpha value is -2.30. The minimum Gasteiger partial charge on any atom is -0.366 e. The zero-order valence-electron chi connectivity index (χ0n) is 9.08. The van der Waals surface area contributed by atoms with Crippen molar-refractivity contribution in [2.75, 3.05) is 0 Å². The molecule has 0 aliphatic carbocycles. The Morgan fingerprint density at radius 1 is 0.944 bits per heavy atom. The summed E-state index contributed by atoms with van der Waals surface area (Å²) >= 11 is 0. The van der Waals surface area contributed by atoms with Gasteiger partial charge in [-0.2, -0.15) is 0 Å². The zero-order valence-corrected chi connectivity index (χ0v) is 9.08. The molecule has 92 valence electrons. The van der Waals surface area contributed by atoms with E-state index in [1.807, 2.05) is 0 Å². The summed E-state index contributed by atoms with van der Waals surface area (Å²) in [5.74, 6) is -3.84. The van der Waals surface area contributed by atoms with Crippen molar-refractivity contribution in [3.8, 4) is 11.1 Å². The lowest BCUT2D eigenvalue weighted by molar-refractivity contribution is 0.0996. The molecule has 2 aromatic carbocycles. The predicted octanol–water partition coefficient (Wildman–Crippen LogP) is 2.87. The Balaban J connectivity index is 2.73. The molecule has 18 heavy (non-hydrogen) atoms. The maximum atomic E-state index is 13.9. The predicted molar refractivity (Wildman–Crippen MR) is 60.3 cm³/mol. The van der Waals surface area contributed by atoms with E-state index in [2.05, 4.69) is 0 Å². The molecule has 0 aliphatic heterocycles. The summed E-state index contributed by atoms with van der Waals surface area (Å²) in [7, 11) is 0. The minimum absolute atomic E-state index is 0.332. The molecule has 0 bridgehead atoms. The monoisotopic (exact) mass is 251 g/mol. The summed E-state index contributed by atoms with van der Waals surface area (Å²) in [6.45, 7) is 0. The van der Waals surface area contributed by atoms with Gasteiger partial charge < -0.3 is 5.73 Å². The highest BCUT2D eigenvalue weighted by Gasteiger charge is 2.18. The first-order valence-corrected chi connectivity index (χ1v) is 5.05. The third-order valence-corrected chi connectivity index (χ3v) is 2.50. The molecular formula is C13H8F3NO. The van der Waals surface area contributed by atoms with E-state index < -0.39 is 34.5 Å². The fourth-order valence-corrected chi connectivity index (χ4v) is 1.67. The van der Waals surface area contributed by atoms with E-state index in [1.54, 1.807) is 0 Å². The Kier molecular flexibility index (Phi) is 3.06. The second-order valence-electron chi connectivity index (χ2n) is 3.63. The molecule has 5 heteroatoms. The van der Waals surface area contributed by atoms with Gasteiger partial charge in [-0.05, 0) is 18.2 Å². The first-order valence-electron chi connectivity index (χ1n) is 5.05. The molecule has 2 N–H and O–H groups in total. The molecule has 0 saturated heterocycles. The van der Waals surface area contributed by atoms with Crippen LogP contribution in [0.15, 0.2) is 36.4 Å². The van der Waals surface area contributed by atoms with Gasteiger partial charge in [0.05, 0.1) is 11.1 Å². The number of carbonyl (C=O) groups is 1. The fraction of sp³-hybridized carbons (Fsp3) is 0. The molecule has 0 radical (unpaired) electrons. The summed E-state index contributed by atoms with van der Waals surface area (Å²) in [5.41, 5.74) is 3.72. The first kappa shape index (κ1) is 12.2. The van der Waals surface area contributed by atoms with Gasteiger partial charge in [-0.15, -0.1) is 0 Å². The molecule has 0 spiro atoms. The van der Waals surface area contributed by atoms with Crippen LogP contribution in [0.4, 0.5) is 13.2 Å². The second kappa shape index (κ2) is 4.52. The topological polar surface area (TPSA) is 43.1 Å². The van der Waals surface area contributed by atoms with E-state index in [-0.39, 0.29) is 5.56 Å². The highest BCUT2D eigenvalue weighted by molar-refractivity contribution is 5.94. The van der Waals surface area contributed by atoms with Crippen molar-refractivity contribution in [2.45, 2.75) is 0 Å². The normalized spacial score (nSPS) is 10.4. The average molecular weight is 251 g/mol. The average Bonchev–Trinajstić information content (AvgIpc) is 2.30. The number of carbonyl (C=O) groups excluding carboxylic acids is 1. The van der Waals surface area contributed by atoms with Gasteiger partial charge in [0.25, 0.3) is 5.91 Å². The van der Waals surface area contributed by atoms with Crippen molar-refractivity contribution in [1.29, 1.82) is 0 Å². The number of primary amides is 1. The largest absolute Gasteiger partial charge is 0.366 e. The van der Waals surface area contributed by atoms with Gasteiger partial charge in [-0.25, -0.2) is 13.2 Å². The molecule has 0 unspecified atom stereocenters. The van der Waals surface area contributed by atoms with Crippen molar-refractivity contribution in [3.05, 3.63) is 59.4 Å². The Morgan fingerprint density at radius 2 is 1.50 bits per heavy atom. The van der Waals surface area contributed by atoms with E-state index in [0.717, 1.165) is 18.2 Å². The maximum absolute atomic E-state index is 13.9. The maximum Gasteiger partial charge on any atom is 0.251 e. The highest BCUT2D eigenvalue weighted by atomic mass is 19.1. The summed E-state index contributed by atoms with van der Waals surface area (Å²) in [5, 5.41) is 0. The molecular weight excluding hydrogens is 243 g/mol. The fourth-order valence-electron chi connectivity index (χ4n) is 1.67. The number of benzene rings is 2. The standard InChI is InChI=1S/C13H8F3NO/c14-9-5-2-6-10(15)11(9)7-3-1-4-8(12(7)16)13(17)18/h1-6H,(H2,17,18). The molecule has 2 rings (SSSR count). The van der Waals surface area contributed by atoms with Crippen LogP contribution in [0.5, 0.6) is 0 Å². The Labute approximate surface area is 101 Å². The molecule has 0 saturated carbocycles. The number of amides is 1. The van der Waals surface area contributed by atoms with Crippen LogP contribution in [0.1, 0.15) is 10.4 Å². The van der Waals surface area contributed by atoms with Crippen LogP contribution < -0.4 is 5.73 Å². The SMILES string of the molecule is NC(=O)c1cccc(-c2c(F)cccc2F)c1F. The lowest BCUT2D eigenvalue weighted by atomic mass is 10.0. The first-order chi connectivity index (χ1) is 8.52. The highest BCUT2D eigenvalue weighted by Crippen LogP contribution is 2.29. The second-order valence-corrected chi connectivity index (χ2v) is 3.63. The van der Waals surface area contributed by atoms with Crippen LogP contribution in [0.25, 0.3) is 11.1 Å². The molecule has 2 nitrogen and oxygen atoms in total. The summed E-state index contributed by atoms with van der Waals surface area (Å²) in [6, 6.07) is 6.83. The van der Waals surface area contributed by atoms with Gasteiger partial charge in [0.15, 0.2) is 0 Å². The third-order valence-electron chi connectivity index (χ3n) is 2.50. The van der Waals surface area contributed by atoms with Crippen LogP contribution in [-0.2, 0) is 0 Å². The van der Waals surface area contributed by atoms with E-state index in [0.29, 0.717) is 0 Å². The molecule has 0 heterocycles. The van der Waals surface area contributed by atoms with Crippen LogP contribution in [0.2, 0.25) is 0 Å². The van der Waals surface area contributed by atoms with Gasteiger partial charge in [0.1, 0.15) is 17.5 Å². The van der Waals surface area contributed by atoms with Gasteiger partial charge in [-0.1, -0.05) is 18.2 Å². The van der Waals surface area contributed by atoms with Gasteiger partial charge in [0, 0.05) is 5.56 Å². The van der Waals surface area contributed by atoms with Gasteiger partial charge in [-0.3, -0.25) is 4.79 Å². The molecule has 0 fully saturated rings. The smallest absolute Gasteiger partial charge is 0.251 e. The quantitative estimate of drug-likeness (QED) is 0.876. The van der Waals surface area contributed by atoms with Crippen molar-refractivity contribution in [2.24, 2.45) is 5.73 Å². The molecule has 2 aromatic rings. The Morgan fingerprint density at radius 3 is 2.06 bits per heavy atom. The van der Waals surface area contributed by atoms with Crippen LogP contribution in [0, 0.1) is 17.5 Å². The van der Waals surface area contributed by atoms with Crippen LogP contribution >= 0.6 is 0 Å². The summed E-state index contributed by atoms with van der Waals surface area (Å²) in [4.78, 5) is 11.0. The van der Waals surface area contributed by atoms with Crippen molar-refractivity contribution in [3.63, 3.8) is 0 Å². The lowest BCUT2D eigenvalue weighted by Crippen LogP contribution is -2.13. The van der Waals surface area contributed by atoms with E-state index in [1.165, 1.54) is 18.2 Å². The third kappa shape index (κ3) is 1.95. The number of halogens is 3. The number of hydrogen-bond acceptors (Lipinski definition) is 1. The Bertz CT molecular complexity index is 605. The van der Waals surface area contributed by atoms with Gasteiger partial charge in [0.2, 0.25) is 0 Å². The molecule has 0 aliphatic rings. The summed E-state index contributed by atoms with van der Waals surface area (Å²) < 4.78 is 41.0. The van der Waals surface area contributed by atoms with Crippen molar-refractivity contribution in [1.82, 2.24) is 0 Å². The van der Waals surface area contributed by atoms with E-state index in [9.17, 15) is 18.0 Å².